The summed E-state index contributed by atoms with van der Waals surface area (Å²) in [4.78, 5) is 7.82. The fourth-order valence-electron chi connectivity index (χ4n) is 5.21. The summed E-state index contributed by atoms with van der Waals surface area (Å²) < 4.78 is 1.34. The zero-order valence-electron chi connectivity index (χ0n) is 15.8. The Labute approximate surface area is 159 Å². The van der Waals surface area contributed by atoms with Crippen molar-refractivity contribution in [2.45, 2.75) is 57.0 Å². The molecule has 0 amide bonds. The third kappa shape index (κ3) is 2.52. The first-order valence-corrected chi connectivity index (χ1v) is 10.6. The molecule has 0 N–H and O–H groups in total. The normalized spacial score (nSPS) is 28.7. The molecule has 3 heterocycles. The number of rotatable bonds is 2. The Hall–Kier alpha value is -1.71. The van der Waals surface area contributed by atoms with Crippen molar-refractivity contribution in [3.8, 4) is 0 Å². The van der Waals surface area contributed by atoms with Gasteiger partial charge in [0.25, 0.3) is 0 Å². The Morgan fingerprint density at radius 1 is 1.04 bits per heavy atom. The molecule has 2 unspecified atom stereocenters. The van der Waals surface area contributed by atoms with Gasteiger partial charge in [0.2, 0.25) is 0 Å². The SMILES string of the molecule is Cc1ccc(C2C[C@H]3CCC([C@H]2c2nc4c(C)cccc4s2)N3C)cc1. The number of hydrogen-bond donors (Lipinski definition) is 0. The van der Waals surface area contributed by atoms with Gasteiger partial charge in [0.1, 0.15) is 0 Å². The first-order chi connectivity index (χ1) is 12.6. The number of aromatic nitrogens is 1. The summed E-state index contributed by atoms with van der Waals surface area (Å²) in [7, 11) is 2.33. The number of para-hydroxylation sites is 1. The summed E-state index contributed by atoms with van der Waals surface area (Å²) in [5, 5.41) is 1.34. The number of hydrogen-bond acceptors (Lipinski definition) is 3. The molecule has 2 bridgehead atoms. The smallest absolute Gasteiger partial charge is 0.0991 e. The van der Waals surface area contributed by atoms with Gasteiger partial charge in [-0.25, -0.2) is 4.98 Å². The lowest BCUT2D eigenvalue weighted by Crippen LogP contribution is -2.44. The van der Waals surface area contributed by atoms with Gasteiger partial charge in [0.15, 0.2) is 0 Å². The van der Waals surface area contributed by atoms with E-state index in [1.807, 2.05) is 11.3 Å². The lowest BCUT2D eigenvalue weighted by molar-refractivity contribution is 0.137. The zero-order chi connectivity index (χ0) is 17.8. The molecule has 1 aromatic heterocycles. The van der Waals surface area contributed by atoms with E-state index in [-0.39, 0.29) is 0 Å². The molecule has 2 aliphatic heterocycles. The number of nitrogens with zero attached hydrogens (tertiary/aromatic N) is 2. The highest BCUT2D eigenvalue weighted by Crippen LogP contribution is 2.52. The molecule has 5 rings (SSSR count). The average Bonchev–Trinajstić information content (AvgIpc) is 3.15. The molecule has 0 spiro atoms. The van der Waals surface area contributed by atoms with Crippen LogP contribution in [0.5, 0.6) is 0 Å². The van der Waals surface area contributed by atoms with Gasteiger partial charge in [0, 0.05) is 18.0 Å². The quantitative estimate of drug-likeness (QED) is 0.586. The first-order valence-electron chi connectivity index (χ1n) is 9.76. The van der Waals surface area contributed by atoms with E-state index in [1.165, 1.54) is 51.2 Å². The predicted octanol–water partition coefficient (Wildman–Crippen LogP) is 5.65. The Balaban J connectivity index is 1.63. The molecule has 0 radical (unpaired) electrons. The van der Waals surface area contributed by atoms with E-state index in [0.717, 1.165) is 6.04 Å². The van der Waals surface area contributed by atoms with Crippen molar-refractivity contribution in [1.29, 1.82) is 0 Å². The van der Waals surface area contributed by atoms with Crippen LogP contribution in [0.4, 0.5) is 0 Å². The van der Waals surface area contributed by atoms with Gasteiger partial charge in [-0.15, -0.1) is 11.3 Å². The van der Waals surface area contributed by atoms with Crippen LogP contribution < -0.4 is 0 Å². The third-order valence-electron chi connectivity index (χ3n) is 6.70. The standard InChI is InChI=1S/C23H26N2S/c1-14-7-9-16(10-8-14)18-13-17-11-12-19(25(17)3)21(18)23-24-22-15(2)5-4-6-20(22)26-23/h4-10,17-19,21H,11-13H2,1-3H3/t17-,18?,19?,21+/m1/s1. The summed E-state index contributed by atoms with van der Waals surface area (Å²) >= 11 is 1.92. The maximum Gasteiger partial charge on any atom is 0.0991 e. The van der Waals surface area contributed by atoms with E-state index in [9.17, 15) is 0 Å². The molecule has 0 saturated carbocycles. The largest absolute Gasteiger partial charge is 0.300 e. The molecular weight excluding hydrogens is 336 g/mol. The van der Waals surface area contributed by atoms with Crippen LogP contribution in [-0.2, 0) is 0 Å². The van der Waals surface area contributed by atoms with Crippen molar-refractivity contribution in [2.75, 3.05) is 7.05 Å². The lowest BCUT2D eigenvalue weighted by atomic mass is 9.76. The van der Waals surface area contributed by atoms with Crippen LogP contribution in [0.25, 0.3) is 10.2 Å². The second kappa shape index (κ2) is 6.17. The molecule has 26 heavy (non-hydrogen) atoms. The van der Waals surface area contributed by atoms with E-state index >= 15 is 0 Å². The van der Waals surface area contributed by atoms with Crippen LogP contribution in [0.2, 0.25) is 0 Å². The van der Waals surface area contributed by atoms with E-state index in [4.69, 9.17) is 4.98 Å². The van der Waals surface area contributed by atoms with Crippen molar-refractivity contribution in [1.82, 2.24) is 9.88 Å². The van der Waals surface area contributed by atoms with Crippen molar-refractivity contribution in [2.24, 2.45) is 0 Å². The van der Waals surface area contributed by atoms with Gasteiger partial charge in [-0.05, 0) is 63.3 Å². The van der Waals surface area contributed by atoms with Crippen LogP contribution in [0, 0.1) is 13.8 Å². The summed E-state index contributed by atoms with van der Waals surface area (Å²) in [6.07, 6.45) is 3.91. The lowest BCUT2D eigenvalue weighted by Gasteiger charge is -2.42. The van der Waals surface area contributed by atoms with Gasteiger partial charge in [-0.3, -0.25) is 4.90 Å². The molecule has 2 aromatic carbocycles. The summed E-state index contributed by atoms with van der Waals surface area (Å²) in [5.74, 6) is 1.10. The minimum absolute atomic E-state index is 0.512. The second-order valence-corrected chi connectivity index (χ2v) is 9.28. The molecule has 2 nitrogen and oxygen atoms in total. The number of thiazole rings is 1. The van der Waals surface area contributed by atoms with Gasteiger partial charge in [-0.2, -0.15) is 0 Å². The minimum atomic E-state index is 0.512. The summed E-state index contributed by atoms with van der Waals surface area (Å²) in [6.45, 7) is 4.36. The summed E-state index contributed by atoms with van der Waals surface area (Å²) in [6, 6.07) is 17.2. The molecule has 134 valence electrons. The highest BCUT2D eigenvalue weighted by molar-refractivity contribution is 7.18. The second-order valence-electron chi connectivity index (χ2n) is 8.22. The predicted molar refractivity (Wildman–Crippen MR) is 110 cm³/mol. The molecule has 3 aromatic rings. The first kappa shape index (κ1) is 16.5. The van der Waals surface area contributed by atoms with Crippen LogP contribution in [-0.4, -0.2) is 29.0 Å². The van der Waals surface area contributed by atoms with E-state index in [2.05, 4.69) is 68.3 Å². The summed E-state index contributed by atoms with van der Waals surface area (Å²) in [5.41, 5.74) is 5.35. The van der Waals surface area contributed by atoms with Gasteiger partial charge in [-0.1, -0.05) is 42.0 Å². The van der Waals surface area contributed by atoms with E-state index < -0.39 is 0 Å². The van der Waals surface area contributed by atoms with E-state index in [0.29, 0.717) is 17.9 Å². The molecule has 4 atom stereocenters. The number of likely N-dealkylation sites (N-methyl/N-ethyl adjacent to an activating group) is 1. The van der Waals surface area contributed by atoms with Crippen LogP contribution in [0.15, 0.2) is 42.5 Å². The minimum Gasteiger partial charge on any atom is -0.300 e. The highest BCUT2D eigenvalue weighted by atomic mass is 32.1. The van der Waals surface area contributed by atoms with Crippen LogP contribution >= 0.6 is 11.3 Å². The van der Waals surface area contributed by atoms with Crippen molar-refractivity contribution in [3.05, 3.63) is 64.2 Å². The number of aryl methyl sites for hydroxylation is 2. The van der Waals surface area contributed by atoms with Gasteiger partial charge >= 0.3 is 0 Å². The number of benzene rings is 2. The fourth-order valence-corrected chi connectivity index (χ4v) is 6.48. The fraction of sp³-hybridized carbons (Fsp3) is 0.435. The Bertz CT molecular complexity index is 943. The maximum absolute atomic E-state index is 5.17. The number of fused-ring (bicyclic) bond motifs is 3. The Morgan fingerprint density at radius 2 is 1.85 bits per heavy atom. The monoisotopic (exact) mass is 362 g/mol. The molecule has 3 heteroatoms. The molecule has 2 saturated heterocycles. The molecule has 0 aliphatic carbocycles. The number of piperidine rings is 1. The molecular formula is C23H26N2S. The Morgan fingerprint density at radius 3 is 2.62 bits per heavy atom. The van der Waals surface area contributed by atoms with Crippen molar-refractivity contribution < 1.29 is 0 Å². The Kier molecular flexibility index (Phi) is 3.91. The topological polar surface area (TPSA) is 16.1 Å². The van der Waals surface area contributed by atoms with Crippen LogP contribution in [0.3, 0.4) is 0 Å². The highest BCUT2D eigenvalue weighted by Gasteiger charge is 2.47. The third-order valence-corrected chi connectivity index (χ3v) is 7.82. The van der Waals surface area contributed by atoms with Gasteiger partial charge < -0.3 is 0 Å². The maximum atomic E-state index is 5.17. The average molecular weight is 363 g/mol. The van der Waals surface area contributed by atoms with Crippen molar-refractivity contribution >= 4 is 21.6 Å². The van der Waals surface area contributed by atoms with E-state index in [1.54, 1.807) is 0 Å². The van der Waals surface area contributed by atoms with Crippen molar-refractivity contribution in [3.63, 3.8) is 0 Å². The molecule has 2 fully saturated rings. The molecule has 2 aliphatic rings. The van der Waals surface area contributed by atoms with Gasteiger partial charge in [0.05, 0.1) is 15.2 Å². The zero-order valence-corrected chi connectivity index (χ0v) is 16.6. The van der Waals surface area contributed by atoms with Crippen LogP contribution in [0.1, 0.15) is 52.8 Å².